The molecule has 0 saturated heterocycles. The van der Waals surface area contributed by atoms with Gasteiger partial charge in [0.25, 0.3) is 0 Å². The van der Waals surface area contributed by atoms with Crippen LogP contribution in [-0.2, 0) is 9.59 Å². The lowest BCUT2D eigenvalue weighted by molar-refractivity contribution is -0.110. The van der Waals surface area contributed by atoms with Crippen LogP contribution in [0.25, 0.3) is 0 Å². The van der Waals surface area contributed by atoms with Gasteiger partial charge >= 0.3 is 0 Å². The molecule has 0 bridgehead atoms. The summed E-state index contributed by atoms with van der Waals surface area (Å²) in [6, 6.07) is 0. The second-order valence-corrected chi connectivity index (χ2v) is 2.89. The summed E-state index contributed by atoms with van der Waals surface area (Å²) in [5.74, 6) is 0.704. The third-order valence-corrected chi connectivity index (χ3v) is 2.19. The molecule has 2 atom stereocenters. The van der Waals surface area contributed by atoms with Gasteiger partial charge in [-0.1, -0.05) is 12.2 Å². The van der Waals surface area contributed by atoms with Crippen LogP contribution in [0.4, 0.5) is 0 Å². The van der Waals surface area contributed by atoms with Gasteiger partial charge in [-0.15, -0.1) is 0 Å². The molecule has 0 aromatic rings. The minimum atomic E-state index is 0.317. The van der Waals surface area contributed by atoms with Gasteiger partial charge in [-0.3, -0.25) is 0 Å². The van der Waals surface area contributed by atoms with Crippen LogP contribution in [-0.4, -0.2) is 12.6 Å². The summed E-state index contributed by atoms with van der Waals surface area (Å²) >= 11 is 0. The Bertz CT molecular complexity index is 172. The van der Waals surface area contributed by atoms with E-state index in [2.05, 4.69) is 6.08 Å². The molecule has 1 rings (SSSR count). The first-order chi connectivity index (χ1) is 5.38. The molecule has 0 aromatic heterocycles. The van der Waals surface area contributed by atoms with E-state index in [9.17, 15) is 9.59 Å². The van der Waals surface area contributed by atoms with E-state index in [0.717, 1.165) is 19.0 Å². The van der Waals surface area contributed by atoms with Crippen LogP contribution < -0.4 is 0 Å². The first-order valence-corrected chi connectivity index (χ1v) is 3.92. The highest BCUT2D eigenvalue weighted by molar-refractivity contribution is 5.53. The Labute approximate surface area is 66.3 Å². The maximum absolute atomic E-state index is 10.2. The van der Waals surface area contributed by atoms with Crippen LogP contribution in [0.5, 0.6) is 0 Å². The standard InChI is InChI=1S/C9H12O2/c10-6-4-8-2-1-3-9(8)5-7-11/h1-2,6-9H,3-5H2/t8-,9+/m0/s1. The van der Waals surface area contributed by atoms with E-state index < -0.39 is 0 Å². The predicted molar refractivity (Wildman–Crippen MR) is 42.1 cm³/mol. The fraction of sp³-hybridized carbons (Fsp3) is 0.556. The summed E-state index contributed by atoms with van der Waals surface area (Å²) in [6.45, 7) is 0. The molecule has 0 aromatic carbocycles. The van der Waals surface area contributed by atoms with Crippen molar-refractivity contribution in [3.63, 3.8) is 0 Å². The minimum Gasteiger partial charge on any atom is -0.303 e. The van der Waals surface area contributed by atoms with Crippen LogP contribution in [0, 0.1) is 11.8 Å². The molecule has 0 fully saturated rings. The van der Waals surface area contributed by atoms with Crippen molar-refractivity contribution in [3.8, 4) is 0 Å². The third-order valence-electron chi connectivity index (χ3n) is 2.19. The number of carbonyl (C=O) groups is 2. The van der Waals surface area contributed by atoms with Crippen molar-refractivity contribution in [2.24, 2.45) is 11.8 Å². The number of carbonyl (C=O) groups excluding carboxylic acids is 2. The molecule has 11 heavy (non-hydrogen) atoms. The van der Waals surface area contributed by atoms with E-state index in [1.165, 1.54) is 0 Å². The molecular weight excluding hydrogens is 140 g/mol. The molecule has 2 heteroatoms. The quantitative estimate of drug-likeness (QED) is 0.450. The molecule has 0 radical (unpaired) electrons. The Morgan fingerprint density at radius 1 is 1.27 bits per heavy atom. The van der Waals surface area contributed by atoms with E-state index in [-0.39, 0.29) is 0 Å². The van der Waals surface area contributed by atoms with Gasteiger partial charge in [0.15, 0.2) is 0 Å². The van der Waals surface area contributed by atoms with Crippen molar-refractivity contribution in [2.75, 3.05) is 0 Å². The van der Waals surface area contributed by atoms with Crippen molar-refractivity contribution in [1.82, 2.24) is 0 Å². The first kappa shape index (κ1) is 8.18. The lowest BCUT2D eigenvalue weighted by Crippen LogP contribution is -2.08. The van der Waals surface area contributed by atoms with Gasteiger partial charge in [-0.05, 0) is 18.3 Å². The number of aldehydes is 2. The average molecular weight is 152 g/mol. The number of hydrogen-bond donors (Lipinski definition) is 0. The Balaban J connectivity index is 2.41. The normalized spacial score (nSPS) is 28.7. The lowest BCUT2D eigenvalue weighted by atomic mass is 9.91. The number of allylic oxidation sites excluding steroid dienone is 2. The molecule has 1 aliphatic carbocycles. The lowest BCUT2D eigenvalue weighted by Gasteiger charge is -2.12. The molecule has 0 heterocycles. The minimum absolute atomic E-state index is 0.317. The molecule has 0 aliphatic heterocycles. The Morgan fingerprint density at radius 2 is 2.00 bits per heavy atom. The summed E-state index contributed by atoms with van der Waals surface area (Å²) in [7, 11) is 0. The van der Waals surface area contributed by atoms with Crippen molar-refractivity contribution in [3.05, 3.63) is 12.2 Å². The van der Waals surface area contributed by atoms with Crippen LogP contribution in [0.3, 0.4) is 0 Å². The first-order valence-electron chi connectivity index (χ1n) is 3.92. The number of hydrogen-bond acceptors (Lipinski definition) is 2. The Hall–Kier alpha value is -0.920. The van der Waals surface area contributed by atoms with Gasteiger partial charge in [0.1, 0.15) is 12.6 Å². The fourth-order valence-electron chi connectivity index (χ4n) is 1.54. The smallest absolute Gasteiger partial charge is 0.120 e. The molecule has 0 saturated carbocycles. The van der Waals surface area contributed by atoms with E-state index in [0.29, 0.717) is 24.7 Å². The summed E-state index contributed by atoms with van der Waals surface area (Å²) in [5.41, 5.74) is 0. The predicted octanol–water partition coefficient (Wildman–Crippen LogP) is 1.36. The van der Waals surface area contributed by atoms with Gasteiger partial charge in [-0.25, -0.2) is 0 Å². The van der Waals surface area contributed by atoms with E-state index in [1.807, 2.05) is 6.08 Å². The zero-order chi connectivity index (χ0) is 8.10. The third kappa shape index (κ3) is 2.00. The highest BCUT2D eigenvalue weighted by Gasteiger charge is 2.21. The molecule has 2 nitrogen and oxygen atoms in total. The Kier molecular flexibility index (Phi) is 3.02. The maximum Gasteiger partial charge on any atom is 0.120 e. The fourth-order valence-corrected chi connectivity index (χ4v) is 1.54. The van der Waals surface area contributed by atoms with Crippen LogP contribution in [0.1, 0.15) is 19.3 Å². The van der Waals surface area contributed by atoms with Crippen LogP contribution in [0.2, 0.25) is 0 Å². The molecular formula is C9H12O2. The van der Waals surface area contributed by atoms with Gasteiger partial charge < -0.3 is 9.59 Å². The van der Waals surface area contributed by atoms with Crippen LogP contribution in [0.15, 0.2) is 12.2 Å². The van der Waals surface area contributed by atoms with Crippen molar-refractivity contribution < 1.29 is 9.59 Å². The molecule has 0 spiro atoms. The summed E-state index contributed by atoms with van der Waals surface area (Å²) in [4.78, 5) is 20.4. The monoisotopic (exact) mass is 152 g/mol. The highest BCUT2D eigenvalue weighted by atomic mass is 16.1. The van der Waals surface area contributed by atoms with Crippen molar-refractivity contribution in [1.29, 1.82) is 0 Å². The highest BCUT2D eigenvalue weighted by Crippen LogP contribution is 2.28. The SMILES string of the molecule is O=CC[C@H]1CC=C[C@H]1CC=O. The molecule has 0 unspecified atom stereocenters. The molecule has 60 valence electrons. The molecule has 0 amide bonds. The van der Waals surface area contributed by atoms with Crippen LogP contribution >= 0.6 is 0 Å². The van der Waals surface area contributed by atoms with E-state index >= 15 is 0 Å². The van der Waals surface area contributed by atoms with Gasteiger partial charge in [0.05, 0.1) is 0 Å². The maximum atomic E-state index is 10.2. The zero-order valence-electron chi connectivity index (χ0n) is 6.40. The van der Waals surface area contributed by atoms with Gasteiger partial charge in [0.2, 0.25) is 0 Å². The molecule has 0 N–H and O–H groups in total. The summed E-state index contributed by atoms with van der Waals surface area (Å²) < 4.78 is 0. The Morgan fingerprint density at radius 3 is 2.64 bits per heavy atom. The second kappa shape index (κ2) is 4.06. The largest absolute Gasteiger partial charge is 0.303 e. The second-order valence-electron chi connectivity index (χ2n) is 2.89. The van der Waals surface area contributed by atoms with Gasteiger partial charge in [-0.2, -0.15) is 0 Å². The average Bonchev–Trinajstić information content (AvgIpc) is 2.39. The van der Waals surface area contributed by atoms with E-state index in [1.54, 1.807) is 0 Å². The summed E-state index contributed by atoms with van der Waals surface area (Å²) in [6.07, 6.45) is 8.08. The number of rotatable bonds is 4. The van der Waals surface area contributed by atoms with Gasteiger partial charge in [0, 0.05) is 12.8 Å². The summed E-state index contributed by atoms with van der Waals surface area (Å²) in [5, 5.41) is 0. The molecule has 1 aliphatic rings. The topological polar surface area (TPSA) is 34.1 Å². The zero-order valence-corrected chi connectivity index (χ0v) is 6.40. The van der Waals surface area contributed by atoms with E-state index in [4.69, 9.17) is 0 Å². The van der Waals surface area contributed by atoms with Crippen molar-refractivity contribution >= 4 is 12.6 Å². The van der Waals surface area contributed by atoms with Crippen molar-refractivity contribution in [2.45, 2.75) is 19.3 Å².